The second-order valence-electron chi connectivity index (χ2n) is 14.4. The van der Waals surface area contributed by atoms with Crippen LogP contribution in [0.4, 0.5) is 0 Å². The minimum atomic E-state index is -1.29. The van der Waals surface area contributed by atoms with E-state index in [1.807, 2.05) is 0 Å². The number of esters is 2. The highest BCUT2D eigenvalue weighted by atomic mass is 16.7. The van der Waals surface area contributed by atoms with Crippen LogP contribution in [0.2, 0.25) is 0 Å². The molecule has 11 heteroatoms. The summed E-state index contributed by atoms with van der Waals surface area (Å²) < 4.78 is 34.7. The Morgan fingerprint density at radius 1 is 1.00 bits per heavy atom. The maximum Gasteiger partial charge on any atom is 0.331 e. The van der Waals surface area contributed by atoms with E-state index >= 15 is 0 Å². The topological polar surface area (TPSA) is 147 Å². The summed E-state index contributed by atoms with van der Waals surface area (Å²) in [4.78, 5) is 36.8. The van der Waals surface area contributed by atoms with Gasteiger partial charge >= 0.3 is 11.9 Å². The van der Waals surface area contributed by atoms with Gasteiger partial charge in [0.1, 0.15) is 25.1 Å². The molecule has 0 aromatic heterocycles. The maximum atomic E-state index is 13.2. The smallest absolute Gasteiger partial charge is 0.331 e. The Kier molecular flexibility index (Phi) is 8.32. The molecule has 0 bridgehead atoms. The van der Waals surface area contributed by atoms with E-state index in [0.29, 0.717) is 38.5 Å². The van der Waals surface area contributed by atoms with Crippen molar-refractivity contribution in [2.75, 3.05) is 20.8 Å². The van der Waals surface area contributed by atoms with Gasteiger partial charge in [-0.1, -0.05) is 6.92 Å². The van der Waals surface area contributed by atoms with E-state index in [1.54, 1.807) is 13.0 Å². The highest BCUT2D eigenvalue weighted by molar-refractivity contribution is 5.85. The Morgan fingerprint density at radius 2 is 1.73 bits per heavy atom. The molecule has 11 nitrogen and oxygen atoms in total. The highest BCUT2D eigenvalue weighted by Crippen LogP contribution is 2.70. The van der Waals surface area contributed by atoms with Gasteiger partial charge in [0, 0.05) is 39.1 Å². The zero-order valence-corrected chi connectivity index (χ0v) is 26.5. The van der Waals surface area contributed by atoms with Gasteiger partial charge in [-0.2, -0.15) is 0 Å². The van der Waals surface area contributed by atoms with Crippen LogP contribution in [0.1, 0.15) is 78.6 Å². The van der Waals surface area contributed by atoms with Crippen LogP contribution in [-0.2, 0) is 42.8 Å². The molecule has 2 aliphatic heterocycles. The number of aldehydes is 1. The predicted molar refractivity (Wildman–Crippen MR) is 154 cm³/mol. The van der Waals surface area contributed by atoms with Crippen molar-refractivity contribution >= 4 is 18.2 Å². The molecule has 0 amide bonds. The minimum absolute atomic E-state index is 0.0556. The SMILES string of the molecule is CO[C@@H]1[C@H](OC)[C@H](O[C@@H]2CC[C@]3(C=O)[C@H]4CC[C@]5(C)[C@@H](C6=CC(=O)OC6)CC[C@@]5(O)[C@@H]4CC[C@]3(O)C2)O[C@H](C)[C@H]1OC(C)=O. The Balaban J connectivity index is 1.20. The summed E-state index contributed by atoms with van der Waals surface area (Å²) in [6, 6.07) is 0. The van der Waals surface area contributed by atoms with Crippen molar-refractivity contribution < 1.29 is 53.0 Å². The van der Waals surface area contributed by atoms with E-state index in [9.17, 15) is 24.6 Å². The van der Waals surface area contributed by atoms with Crippen molar-refractivity contribution in [3.63, 3.8) is 0 Å². The number of hydrogen-bond acceptors (Lipinski definition) is 11. The normalized spacial score (nSPS) is 50.1. The van der Waals surface area contributed by atoms with Gasteiger partial charge in [-0.15, -0.1) is 0 Å². The summed E-state index contributed by atoms with van der Waals surface area (Å²) in [6.07, 6.45) is 3.86. The molecule has 4 saturated carbocycles. The van der Waals surface area contributed by atoms with Crippen LogP contribution in [0.3, 0.4) is 0 Å². The van der Waals surface area contributed by atoms with Gasteiger partial charge in [-0.3, -0.25) is 4.79 Å². The molecular weight excluding hydrogens is 572 g/mol. The first-order chi connectivity index (χ1) is 20.9. The lowest BCUT2D eigenvalue weighted by molar-refractivity contribution is -0.324. The van der Waals surface area contributed by atoms with Gasteiger partial charge in [0.05, 0.1) is 28.8 Å². The fraction of sp³-hybridized carbons (Fsp3) is 0.848. The van der Waals surface area contributed by atoms with Crippen LogP contribution in [0.5, 0.6) is 0 Å². The van der Waals surface area contributed by atoms with Crippen molar-refractivity contribution in [1.29, 1.82) is 0 Å². The largest absolute Gasteiger partial charge is 0.458 e. The predicted octanol–water partition coefficient (Wildman–Crippen LogP) is 2.63. The van der Waals surface area contributed by atoms with Crippen molar-refractivity contribution in [1.82, 2.24) is 0 Å². The summed E-state index contributed by atoms with van der Waals surface area (Å²) in [5.74, 6) is -1.00. The number of hydrogen-bond donors (Lipinski definition) is 2. The van der Waals surface area contributed by atoms with E-state index < -0.39 is 64.8 Å². The Labute approximate surface area is 258 Å². The number of rotatable bonds is 7. The first kappa shape index (κ1) is 32.1. The lowest BCUT2D eigenvalue weighted by atomic mass is 9.41. The molecule has 6 rings (SSSR count). The fourth-order valence-corrected chi connectivity index (χ4v) is 10.6. The minimum Gasteiger partial charge on any atom is -0.458 e. The van der Waals surface area contributed by atoms with E-state index in [1.165, 1.54) is 21.1 Å². The molecule has 6 aliphatic rings. The third-order valence-electron chi connectivity index (χ3n) is 12.7. The molecule has 5 fully saturated rings. The molecule has 0 spiro atoms. The molecule has 44 heavy (non-hydrogen) atoms. The average Bonchev–Trinajstić information content (AvgIpc) is 3.52. The third kappa shape index (κ3) is 4.63. The van der Waals surface area contributed by atoms with Gasteiger partial charge in [0.15, 0.2) is 12.4 Å². The Morgan fingerprint density at radius 3 is 2.36 bits per heavy atom. The number of methoxy groups -OCH3 is 2. The third-order valence-corrected chi connectivity index (χ3v) is 12.7. The first-order valence-corrected chi connectivity index (χ1v) is 16.2. The van der Waals surface area contributed by atoms with Crippen molar-refractivity contribution in [2.24, 2.45) is 28.6 Å². The molecule has 1 saturated heterocycles. The summed E-state index contributed by atoms with van der Waals surface area (Å²) in [5.41, 5.74) is -2.75. The average molecular weight is 621 g/mol. The van der Waals surface area contributed by atoms with E-state index in [2.05, 4.69) is 6.92 Å². The van der Waals surface area contributed by atoms with Crippen LogP contribution >= 0.6 is 0 Å². The number of carbonyl (C=O) groups is 3. The first-order valence-electron chi connectivity index (χ1n) is 16.2. The van der Waals surface area contributed by atoms with E-state index in [0.717, 1.165) is 24.7 Å². The summed E-state index contributed by atoms with van der Waals surface area (Å²) in [6.45, 7) is 5.55. The summed E-state index contributed by atoms with van der Waals surface area (Å²) >= 11 is 0. The van der Waals surface area contributed by atoms with E-state index in [-0.39, 0.29) is 36.8 Å². The second kappa shape index (κ2) is 11.4. The van der Waals surface area contributed by atoms with Gasteiger partial charge in [-0.25, -0.2) is 4.79 Å². The van der Waals surface area contributed by atoms with Crippen LogP contribution in [0, 0.1) is 28.6 Å². The Bertz CT molecular complexity index is 1190. The molecule has 0 aromatic rings. The number of aliphatic hydroxyl groups is 2. The number of ether oxygens (including phenoxy) is 6. The lowest BCUT2D eigenvalue weighted by Gasteiger charge is -2.65. The summed E-state index contributed by atoms with van der Waals surface area (Å²) in [5, 5.41) is 24.8. The summed E-state index contributed by atoms with van der Waals surface area (Å²) in [7, 11) is 3.05. The van der Waals surface area contributed by atoms with E-state index in [4.69, 9.17) is 28.4 Å². The molecule has 4 aliphatic carbocycles. The highest BCUT2D eigenvalue weighted by Gasteiger charge is 2.71. The molecular formula is C33H48O11. The molecule has 246 valence electrons. The van der Waals surface area contributed by atoms with Crippen LogP contribution in [0.15, 0.2) is 11.6 Å². The van der Waals surface area contributed by atoms with Crippen molar-refractivity contribution in [3.8, 4) is 0 Å². The zero-order valence-electron chi connectivity index (χ0n) is 26.5. The lowest BCUT2D eigenvalue weighted by Crippen LogP contribution is -2.69. The van der Waals surface area contributed by atoms with Crippen LogP contribution < -0.4 is 0 Å². The number of fused-ring (bicyclic) bond motifs is 5. The molecule has 0 aromatic carbocycles. The molecule has 0 unspecified atom stereocenters. The molecule has 13 atom stereocenters. The molecule has 2 N–H and O–H groups in total. The second-order valence-corrected chi connectivity index (χ2v) is 14.4. The van der Waals surface area contributed by atoms with Gasteiger partial charge in [0.25, 0.3) is 0 Å². The maximum absolute atomic E-state index is 13.2. The van der Waals surface area contributed by atoms with Crippen LogP contribution in [0.25, 0.3) is 0 Å². The number of cyclic esters (lactones) is 1. The van der Waals surface area contributed by atoms with Crippen molar-refractivity contribution in [3.05, 3.63) is 11.6 Å². The van der Waals surface area contributed by atoms with Gasteiger partial charge in [0.2, 0.25) is 0 Å². The fourth-order valence-electron chi connectivity index (χ4n) is 10.6. The number of carbonyl (C=O) groups excluding carboxylic acids is 3. The molecule has 0 radical (unpaired) electrons. The zero-order chi connectivity index (χ0) is 31.7. The van der Waals surface area contributed by atoms with Gasteiger partial charge < -0.3 is 43.4 Å². The van der Waals surface area contributed by atoms with Crippen molar-refractivity contribution in [2.45, 2.75) is 127 Å². The van der Waals surface area contributed by atoms with Gasteiger partial charge in [-0.05, 0) is 81.6 Å². The standard InChI is InChI=1S/C33H48O11/c1-18-26(43-19(2)35)27(39-4)28(40-5)29(42-18)44-21-6-11-31(17-34)23-7-10-30(3)22(20-14-25(36)41-16-20)9-13-33(30,38)24(23)8-12-32(31,37)15-21/h14,17-18,21-24,26-29,37-38H,6-13,15-16H2,1-5H3/t18-,21-,22-,23+,24-,26-,27+,28+,29+,30-,31+,32+,33-/m1/s1. The quantitative estimate of drug-likeness (QED) is 0.246. The Hall–Kier alpha value is -1.89. The molecule has 2 heterocycles. The monoisotopic (exact) mass is 620 g/mol. The van der Waals surface area contributed by atoms with Crippen LogP contribution in [-0.4, -0.2) is 97.3 Å².